The van der Waals surface area contributed by atoms with Crippen molar-refractivity contribution in [2.75, 3.05) is 26.7 Å². The van der Waals surface area contributed by atoms with Crippen LogP contribution < -0.4 is 0 Å². The number of hydrogen-bond donors (Lipinski definition) is 1. The minimum Gasteiger partial charge on any atom is -0.480 e. The Morgan fingerprint density at radius 2 is 1.84 bits per heavy atom. The Morgan fingerprint density at radius 3 is 2.48 bits per heavy atom. The van der Waals surface area contributed by atoms with E-state index in [1.165, 1.54) is 17.5 Å². The van der Waals surface area contributed by atoms with Crippen LogP contribution in [0.15, 0.2) is 23.1 Å². The molecule has 0 unspecified atom stereocenters. The molecule has 1 heterocycles. The highest BCUT2D eigenvalue weighted by molar-refractivity contribution is 7.89. The lowest BCUT2D eigenvalue weighted by Gasteiger charge is -2.35. The fraction of sp³-hybridized carbons (Fsp3) is 0.611. The van der Waals surface area contributed by atoms with E-state index in [-0.39, 0.29) is 12.6 Å². The molecule has 0 amide bonds. The summed E-state index contributed by atoms with van der Waals surface area (Å²) in [6, 6.07) is 5.68. The molecule has 1 aromatic rings. The summed E-state index contributed by atoms with van der Waals surface area (Å²) in [5, 5.41) is 8.89. The van der Waals surface area contributed by atoms with Crippen molar-refractivity contribution in [2.24, 2.45) is 0 Å². The topological polar surface area (TPSA) is 77.9 Å². The first-order valence-electron chi connectivity index (χ1n) is 8.92. The van der Waals surface area contributed by atoms with Gasteiger partial charge in [-0.1, -0.05) is 6.07 Å². The third kappa shape index (κ3) is 4.04. The van der Waals surface area contributed by atoms with Crippen LogP contribution in [0.4, 0.5) is 0 Å². The van der Waals surface area contributed by atoms with E-state index in [4.69, 9.17) is 5.11 Å². The van der Waals surface area contributed by atoms with Gasteiger partial charge in [-0.05, 0) is 68.8 Å². The summed E-state index contributed by atoms with van der Waals surface area (Å²) in [5.41, 5.74) is 2.45. The number of hydrogen-bond acceptors (Lipinski definition) is 4. The molecule has 1 saturated heterocycles. The summed E-state index contributed by atoms with van der Waals surface area (Å²) in [5.74, 6) is -0.855. The van der Waals surface area contributed by atoms with Gasteiger partial charge in [0.15, 0.2) is 0 Å². The van der Waals surface area contributed by atoms with Gasteiger partial charge >= 0.3 is 5.97 Å². The molecule has 0 spiro atoms. The number of carboxylic acids is 1. The number of carbonyl (C=O) groups is 1. The third-order valence-electron chi connectivity index (χ3n) is 5.39. The van der Waals surface area contributed by atoms with Crippen LogP contribution in [0.3, 0.4) is 0 Å². The zero-order chi connectivity index (χ0) is 18.0. The molecule has 7 heteroatoms. The number of aryl methyl sites for hydroxylation is 2. The molecule has 1 aliphatic carbocycles. The van der Waals surface area contributed by atoms with Crippen LogP contribution in [0, 0.1) is 0 Å². The normalized spacial score (nSPS) is 19.8. The van der Waals surface area contributed by atoms with Crippen molar-refractivity contribution < 1.29 is 18.3 Å². The van der Waals surface area contributed by atoms with Crippen molar-refractivity contribution in [2.45, 2.75) is 49.5 Å². The standard InChI is InChI=1S/C18H26N2O4S/c1-19(13-18(21)22)16-8-10-20(11-9-16)25(23,24)17-7-6-14-4-2-3-5-15(14)12-17/h6-7,12,16H,2-5,8-11,13H2,1H3,(H,21,22). The largest absolute Gasteiger partial charge is 0.480 e. The first-order chi connectivity index (χ1) is 11.9. The van der Waals surface area contributed by atoms with Gasteiger partial charge in [0.05, 0.1) is 11.4 Å². The Balaban J connectivity index is 1.69. The Hall–Kier alpha value is -1.44. The van der Waals surface area contributed by atoms with Crippen molar-refractivity contribution in [1.29, 1.82) is 0 Å². The molecule has 3 rings (SSSR count). The molecule has 0 radical (unpaired) electrons. The highest BCUT2D eigenvalue weighted by Crippen LogP contribution is 2.27. The van der Waals surface area contributed by atoms with E-state index in [1.807, 2.05) is 12.1 Å². The molecular weight excluding hydrogens is 340 g/mol. The predicted octanol–water partition coefficient (Wildman–Crippen LogP) is 1.73. The molecule has 0 atom stereocenters. The second-order valence-corrected chi connectivity index (χ2v) is 9.02. The molecule has 0 bridgehead atoms. The highest BCUT2D eigenvalue weighted by atomic mass is 32.2. The molecule has 1 aliphatic heterocycles. The lowest BCUT2D eigenvalue weighted by Crippen LogP contribution is -2.46. The van der Waals surface area contributed by atoms with Crippen molar-refractivity contribution in [1.82, 2.24) is 9.21 Å². The minimum atomic E-state index is -3.47. The third-order valence-corrected chi connectivity index (χ3v) is 7.28. The Bertz CT molecular complexity index is 739. The van der Waals surface area contributed by atoms with Gasteiger partial charge in [-0.2, -0.15) is 4.31 Å². The fourth-order valence-electron chi connectivity index (χ4n) is 3.89. The Kier molecular flexibility index (Phi) is 5.46. The van der Waals surface area contributed by atoms with Gasteiger partial charge in [0.1, 0.15) is 0 Å². The maximum Gasteiger partial charge on any atom is 0.317 e. The zero-order valence-corrected chi connectivity index (χ0v) is 15.5. The number of rotatable bonds is 5. The smallest absolute Gasteiger partial charge is 0.317 e. The monoisotopic (exact) mass is 366 g/mol. The molecule has 2 aliphatic rings. The Morgan fingerprint density at radius 1 is 1.20 bits per heavy atom. The maximum atomic E-state index is 12.9. The van der Waals surface area contributed by atoms with Crippen LogP contribution in [0.1, 0.15) is 36.8 Å². The van der Waals surface area contributed by atoms with E-state index in [9.17, 15) is 13.2 Å². The maximum absolute atomic E-state index is 12.9. The summed E-state index contributed by atoms with van der Waals surface area (Å²) in [7, 11) is -1.69. The van der Waals surface area contributed by atoms with E-state index in [0.29, 0.717) is 30.8 Å². The number of aliphatic carboxylic acids is 1. The van der Waals surface area contributed by atoms with Gasteiger partial charge in [0, 0.05) is 19.1 Å². The van der Waals surface area contributed by atoms with Gasteiger partial charge in [0.25, 0.3) is 0 Å². The number of piperidine rings is 1. The van der Waals surface area contributed by atoms with Gasteiger partial charge in [-0.15, -0.1) is 0 Å². The van der Waals surface area contributed by atoms with Crippen LogP contribution >= 0.6 is 0 Å². The number of sulfonamides is 1. The summed E-state index contributed by atoms with van der Waals surface area (Å²) < 4.78 is 27.4. The molecule has 1 fully saturated rings. The van der Waals surface area contributed by atoms with Crippen LogP contribution in [0.5, 0.6) is 0 Å². The first kappa shape index (κ1) is 18.4. The van der Waals surface area contributed by atoms with E-state index in [1.54, 1.807) is 22.3 Å². The molecule has 0 saturated carbocycles. The Labute approximate surface area is 149 Å². The summed E-state index contributed by atoms with van der Waals surface area (Å²) >= 11 is 0. The highest BCUT2D eigenvalue weighted by Gasteiger charge is 2.31. The lowest BCUT2D eigenvalue weighted by molar-refractivity contribution is -0.138. The predicted molar refractivity (Wildman–Crippen MR) is 95.1 cm³/mol. The average molecular weight is 366 g/mol. The SMILES string of the molecule is CN(CC(=O)O)C1CCN(S(=O)(=O)c2ccc3c(c2)CCCC3)CC1. The number of carboxylic acid groups (broad SMARTS) is 1. The molecule has 6 nitrogen and oxygen atoms in total. The van der Waals surface area contributed by atoms with E-state index in [2.05, 4.69) is 0 Å². The second-order valence-electron chi connectivity index (χ2n) is 7.08. The zero-order valence-electron chi connectivity index (χ0n) is 14.6. The first-order valence-corrected chi connectivity index (χ1v) is 10.4. The number of likely N-dealkylation sites (N-methyl/N-ethyl adjacent to an activating group) is 1. The molecule has 1 aromatic carbocycles. The van der Waals surface area contributed by atoms with Gasteiger partial charge in [-0.25, -0.2) is 8.42 Å². The van der Waals surface area contributed by atoms with Gasteiger partial charge < -0.3 is 5.11 Å². The summed E-state index contributed by atoms with van der Waals surface area (Å²) in [6.07, 6.45) is 5.62. The van der Waals surface area contributed by atoms with Crippen LogP contribution in [0.25, 0.3) is 0 Å². The van der Waals surface area contributed by atoms with Crippen molar-refractivity contribution in [3.8, 4) is 0 Å². The van der Waals surface area contributed by atoms with Gasteiger partial charge in [0.2, 0.25) is 10.0 Å². The molecule has 0 aromatic heterocycles. The van der Waals surface area contributed by atoms with E-state index < -0.39 is 16.0 Å². The van der Waals surface area contributed by atoms with E-state index >= 15 is 0 Å². The van der Waals surface area contributed by atoms with E-state index in [0.717, 1.165) is 19.3 Å². The number of fused-ring (bicyclic) bond motifs is 1. The van der Waals surface area contributed by atoms with Crippen LogP contribution in [0.2, 0.25) is 0 Å². The molecule has 25 heavy (non-hydrogen) atoms. The van der Waals surface area contributed by atoms with Gasteiger partial charge in [-0.3, -0.25) is 9.69 Å². The van der Waals surface area contributed by atoms with Crippen molar-refractivity contribution in [3.63, 3.8) is 0 Å². The second kappa shape index (κ2) is 7.43. The number of benzene rings is 1. The fourth-order valence-corrected chi connectivity index (χ4v) is 5.41. The van der Waals surface area contributed by atoms with Crippen LogP contribution in [-0.2, 0) is 27.7 Å². The lowest BCUT2D eigenvalue weighted by atomic mass is 9.92. The minimum absolute atomic E-state index is 0.0117. The molecular formula is C18H26N2O4S. The summed E-state index contributed by atoms with van der Waals surface area (Å²) in [6.45, 7) is 0.865. The molecule has 1 N–H and O–H groups in total. The van der Waals surface area contributed by atoms with Crippen LogP contribution in [-0.4, -0.2) is 61.4 Å². The number of nitrogens with zero attached hydrogens (tertiary/aromatic N) is 2. The van der Waals surface area contributed by atoms with Crippen molar-refractivity contribution >= 4 is 16.0 Å². The average Bonchev–Trinajstić information content (AvgIpc) is 2.61. The molecule has 138 valence electrons. The van der Waals surface area contributed by atoms with Crippen molar-refractivity contribution in [3.05, 3.63) is 29.3 Å². The quantitative estimate of drug-likeness (QED) is 0.859. The summed E-state index contributed by atoms with van der Waals surface area (Å²) in [4.78, 5) is 13.0.